The summed E-state index contributed by atoms with van der Waals surface area (Å²) in [6.07, 6.45) is 6.62. The van der Waals surface area contributed by atoms with Gasteiger partial charge in [0.05, 0.1) is 32.0 Å². The molecule has 0 spiro atoms. The lowest BCUT2D eigenvalue weighted by molar-refractivity contribution is -0.119. The van der Waals surface area contributed by atoms with Crippen molar-refractivity contribution in [1.82, 2.24) is 14.7 Å². The number of aromatic nitrogens is 2. The lowest BCUT2D eigenvalue weighted by Crippen LogP contribution is -2.32. The molecule has 0 atom stereocenters. The van der Waals surface area contributed by atoms with Crippen LogP contribution in [0.1, 0.15) is 52.0 Å². The maximum Gasteiger partial charge on any atom is 0.238 e. The molecule has 1 aliphatic rings. The van der Waals surface area contributed by atoms with Crippen LogP contribution in [-0.2, 0) is 9.59 Å². The van der Waals surface area contributed by atoms with E-state index in [2.05, 4.69) is 15.7 Å². The van der Waals surface area contributed by atoms with Crippen LogP contribution in [0.15, 0.2) is 30.5 Å². The summed E-state index contributed by atoms with van der Waals surface area (Å²) < 4.78 is 13.1. The van der Waals surface area contributed by atoms with Crippen molar-refractivity contribution in [1.29, 1.82) is 0 Å². The van der Waals surface area contributed by atoms with E-state index >= 15 is 0 Å². The summed E-state index contributed by atoms with van der Waals surface area (Å²) in [6.45, 7) is 5.48. The van der Waals surface area contributed by atoms with Crippen molar-refractivity contribution in [2.24, 2.45) is 0 Å². The molecule has 2 aromatic rings. The summed E-state index contributed by atoms with van der Waals surface area (Å²) in [4.78, 5) is 26.7. The van der Waals surface area contributed by atoms with Crippen LogP contribution in [0.2, 0.25) is 0 Å². The molecule has 1 aromatic heterocycles. The predicted octanol–water partition coefficient (Wildman–Crippen LogP) is 3.69. The normalized spacial score (nSPS) is 13.8. The van der Waals surface area contributed by atoms with Crippen LogP contribution in [0.25, 0.3) is 0 Å². The third-order valence-electron chi connectivity index (χ3n) is 5.57. The van der Waals surface area contributed by atoms with Crippen LogP contribution in [-0.4, -0.2) is 59.8 Å². The number of carbonyl (C=O) groups is 2. The minimum atomic E-state index is -0.163. The van der Waals surface area contributed by atoms with Gasteiger partial charge >= 0.3 is 0 Å². The molecule has 1 saturated carbocycles. The van der Waals surface area contributed by atoms with Crippen LogP contribution in [0.4, 0.5) is 11.5 Å². The first kappa shape index (κ1) is 24.6. The molecule has 1 heterocycles. The molecule has 9 heteroatoms. The second-order valence-corrected chi connectivity index (χ2v) is 8.21. The summed E-state index contributed by atoms with van der Waals surface area (Å²) >= 11 is 0. The van der Waals surface area contributed by atoms with Crippen LogP contribution in [0.5, 0.6) is 11.5 Å². The highest BCUT2D eigenvalue weighted by molar-refractivity contribution is 5.93. The molecule has 0 radical (unpaired) electrons. The van der Waals surface area contributed by atoms with Gasteiger partial charge in [0.1, 0.15) is 5.82 Å². The molecule has 0 aliphatic heterocycles. The van der Waals surface area contributed by atoms with Crippen LogP contribution < -0.4 is 20.1 Å². The number of ether oxygens (including phenoxy) is 2. The van der Waals surface area contributed by atoms with Crippen molar-refractivity contribution in [3.05, 3.63) is 30.5 Å². The van der Waals surface area contributed by atoms with Gasteiger partial charge in [0.2, 0.25) is 11.8 Å². The number of carbonyl (C=O) groups excluding carboxylic acids is 2. The number of hydrogen-bond acceptors (Lipinski definition) is 6. The van der Waals surface area contributed by atoms with Gasteiger partial charge in [-0.15, -0.1) is 0 Å². The summed E-state index contributed by atoms with van der Waals surface area (Å²) in [5.74, 6) is 1.74. The molecule has 0 saturated heterocycles. The third-order valence-corrected chi connectivity index (χ3v) is 5.57. The first-order chi connectivity index (χ1) is 16.0. The number of nitrogens with zero attached hydrogens (tertiary/aromatic N) is 3. The first-order valence-electron chi connectivity index (χ1n) is 11.7. The van der Waals surface area contributed by atoms with E-state index in [9.17, 15) is 9.59 Å². The molecule has 1 fully saturated rings. The molecule has 33 heavy (non-hydrogen) atoms. The Bertz CT molecular complexity index is 923. The van der Waals surface area contributed by atoms with Crippen LogP contribution in [0.3, 0.4) is 0 Å². The van der Waals surface area contributed by atoms with Crippen molar-refractivity contribution < 1.29 is 19.1 Å². The lowest BCUT2D eigenvalue weighted by Gasteiger charge is -2.18. The van der Waals surface area contributed by atoms with Crippen molar-refractivity contribution in [3.63, 3.8) is 0 Å². The van der Waals surface area contributed by atoms with Gasteiger partial charge < -0.3 is 20.1 Å². The van der Waals surface area contributed by atoms with E-state index in [1.165, 1.54) is 12.8 Å². The van der Waals surface area contributed by atoms with E-state index in [0.717, 1.165) is 18.7 Å². The van der Waals surface area contributed by atoms with E-state index in [4.69, 9.17) is 9.47 Å². The van der Waals surface area contributed by atoms with E-state index in [-0.39, 0.29) is 24.8 Å². The fourth-order valence-electron chi connectivity index (χ4n) is 4.00. The van der Waals surface area contributed by atoms with Gasteiger partial charge in [-0.3, -0.25) is 14.5 Å². The van der Waals surface area contributed by atoms with E-state index < -0.39 is 0 Å². The highest BCUT2D eigenvalue weighted by Crippen LogP contribution is 2.31. The number of likely N-dealkylation sites (N-methyl/N-ethyl adjacent to an activating group) is 1. The van der Waals surface area contributed by atoms with Crippen molar-refractivity contribution in [2.75, 3.05) is 44.0 Å². The standard InChI is InChI=1S/C24H35N5O4/c1-4-32-20-11-10-18(16-21(20)33-5-2)26-24(31)17-28(3)15-13-23(30)27-22-12-14-25-29(22)19-8-6-7-9-19/h10-12,14,16,19H,4-9,13,15,17H2,1-3H3,(H,26,31)(H,27,30). The number of hydrogen-bond donors (Lipinski definition) is 2. The van der Waals surface area contributed by atoms with Crippen molar-refractivity contribution in [3.8, 4) is 11.5 Å². The minimum absolute atomic E-state index is 0.0881. The Morgan fingerprint density at radius 3 is 2.52 bits per heavy atom. The van der Waals surface area contributed by atoms with Gasteiger partial charge in [0.25, 0.3) is 0 Å². The molecule has 0 unspecified atom stereocenters. The lowest BCUT2D eigenvalue weighted by atomic mass is 10.2. The zero-order valence-electron chi connectivity index (χ0n) is 19.8. The summed E-state index contributed by atoms with van der Waals surface area (Å²) in [7, 11) is 1.82. The van der Waals surface area contributed by atoms with Crippen LogP contribution >= 0.6 is 0 Å². The monoisotopic (exact) mass is 457 g/mol. The second-order valence-electron chi connectivity index (χ2n) is 8.21. The second kappa shape index (κ2) is 12.2. The number of nitrogens with one attached hydrogen (secondary N) is 2. The Labute approximate surface area is 195 Å². The van der Waals surface area contributed by atoms with E-state index in [1.807, 2.05) is 36.5 Å². The Hall–Kier alpha value is -3.07. The molecule has 9 nitrogen and oxygen atoms in total. The van der Waals surface area contributed by atoms with Gasteiger partial charge in [0, 0.05) is 30.8 Å². The molecular formula is C24H35N5O4. The summed E-state index contributed by atoms with van der Waals surface area (Å²) in [5, 5.41) is 10.2. The van der Waals surface area contributed by atoms with Gasteiger partial charge in [-0.2, -0.15) is 5.10 Å². The number of benzene rings is 1. The molecule has 3 rings (SSSR count). The highest BCUT2D eigenvalue weighted by Gasteiger charge is 2.20. The first-order valence-corrected chi connectivity index (χ1v) is 11.7. The molecule has 2 amide bonds. The fourth-order valence-corrected chi connectivity index (χ4v) is 4.00. The minimum Gasteiger partial charge on any atom is -0.490 e. The molecule has 1 aliphatic carbocycles. The molecule has 2 N–H and O–H groups in total. The van der Waals surface area contributed by atoms with Crippen molar-refractivity contribution >= 4 is 23.3 Å². The maximum atomic E-state index is 12.5. The van der Waals surface area contributed by atoms with E-state index in [1.54, 1.807) is 24.4 Å². The Kier molecular flexibility index (Phi) is 9.12. The topological polar surface area (TPSA) is 97.7 Å². The molecular weight excluding hydrogens is 422 g/mol. The largest absolute Gasteiger partial charge is 0.490 e. The van der Waals surface area contributed by atoms with Crippen LogP contribution in [0, 0.1) is 0 Å². The highest BCUT2D eigenvalue weighted by atomic mass is 16.5. The third kappa shape index (κ3) is 7.21. The Balaban J connectivity index is 1.44. The predicted molar refractivity (Wildman–Crippen MR) is 128 cm³/mol. The zero-order valence-corrected chi connectivity index (χ0v) is 19.8. The molecule has 1 aromatic carbocycles. The Morgan fingerprint density at radius 1 is 1.06 bits per heavy atom. The SMILES string of the molecule is CCOc1ccc(NC(=O)CN(C)CCC(=O)Nc2ccnn2C2CCCC2)cc1OCC. The molecule has 180 valence electrons. The van der Waals surface area contributed by atoms with Gasteiger partial charge in [0.15, 0.2) is 11.5 Å². The smallest absolute Gasteiger partial charge is 0.238 e. The number of amides is 2. The Morgan fingerprint density at radius 2 is 1.79 bits per heavy atom. The van der Waals surface area contributed by atoms with Gasteiger partial charge in [-0.05, 0) is 45.9 Å². The molecule has 0 bridgehead atoms. The van der Waals surface area contributed by atoms with Gasteiger partial charge in [-0.25, -0.2) is 4.68 Å². The quantitative estimate of drug-likeness (QED) is 0.504. The summed E-state index contributed by atoms with van der Waals surface area (Å²) in [5.41, 5.74) is 0.637. The van der Waals surface area contributed by atoms with Gasteiger partial charge in [-0.1, -0.05) is 12.8 Å². The van der Waals surface area contributed by atoms with E-state index in [0.29, 0.717) is 43.0 Å². The number of anilines is 2. The fraction of sp³-hybridized carbons (Fsp3) is 0.542. The summed E-state index contributed by atoms with van der Waals surface area (Å²) in [6, 6.07) is 7.53. The average Bonchev–Trinajstić information content (AvgIpc) is 3.46. The van der Waals surface area contributed by atoms with Crippen molar-refractivity contribution in [2.45, 2.75) is 52.0 Å². The zero-order chi connectivity index (χ0) is 23.6. The maximum absolute atomic E-state index is 12.5. The average molecular weight is 458 g/mol. The number of rotatable bonds is 12.